The highest BCUT2D eigenvalue weighted by Gasteiger charge is 2.13. The molecule has 0 saturated carbocycles. The van der Waals surface area contributed by atoms with Crippen LogP contribution in [0, 0.1) is 0 Å². The molecule has 2 rings (SSSR count). The van der Waals surface area contributed by atoms with Crippen LogP contribution in [-0.4, -0.2) is 23.2 Å². The third kappa shape index (κ3) is 4.15. The van der Waals surface area contributed by atoms with Crippen LogP contribution in [0.2, 0.25) is 0 Å². The van der Waals surface area contributed by atoms with Crippen molar-refractivity contribution in [1.82, 2.24) is 5.06 Å². The van der Waals surface area contributed by atoms with Crippen LogP contribution >= 0.6 is 0 Å². The van der Waals surface area contributed by atoms with Gasteiger partial charge in [-0.15, -0.1) is 0 Å². The van der Waals surface area contributed by atoms with Gasteiger partial charge < -0.3 is 17.0 Å². The zero-order chi connectivity index (χ0) is 13.0. The Kier molecular flexibility index (Phi) is 5.66. The Bertz CT molecular complexity index is 544. The molecule has 1 heterocycles. The van der Waals surface area contributed by atoms with Crippen molar-refractivity contribution in [3.8, 4) is 0 Å². The van der Waals surface area contributed by atoms with Crippen molar-refractivity contribution < 1.29 is 31.6 Å². The van der Waals surface area contributed by atoms with Crippen molar-refractivity contribution in [3.63, 3.8) is 0 Å². The van der Waals surface area contributed by atoms with Crippen molar-refractivity contribution in [2.24, 2.45) is 0 Å². The smallest absolute Gasteiger partial charge is 0.283 e. The van der Waals surface area contributed by atoms with Gasteiger partial charge in [0.25, 0.3) is 5.91 Å². The van der Waals surface area contributed by atoms with Crippen molar-refractivity contribution in [3.05, 3.63) is 66.0 Å². The second-order valence-corrected chi connectivity index (χ2v) is 4.08. The SMILES string of the molecule is CN(O)C(=O)c1ccc[n+](Cc2ccccc2)c1.[Br-]. The second kappa shape index (κ2) is 7.01. The summed E-state index contributed by atoms with van der Waals surface area (Å²) in [6.07, 6.45) is 3.61. The largest absolute Gasteiger partial charge is 1.00 e. The van der Waals surface area contributed by atoms with E-state index >= 15 is 0 Å². The fraction of sp³-hybridized carbons (Fsp3) is 0.143. The van der Waals surface area contributed by atoms with Crippen LogP contribution in [0.1, 0.15) is 15.9 Å². The van der Waals surface area contributed by atoms with Gasteiger partial charge >= 0.3 is 0 Å². The minimum atomic E-state index is -0.419. The summed E-state index contributed by atoms with van der Waals surface area (Å²) in [6, 6.07) is 13.4. The number of aromatic nitrogens is 1. The molecule has 1 aromatic carbocycles. The number of pyridine rings is 1. The molecular formula is C14H15BrN2O2. The Labute approximate surface area is 122 Å². The average molecular weight is 323 g/mol. The first-order valence-corrected chi connectivity index (χ1v) is 5.67. The molecule has 1 amide bonds. The number of halogens is 1. The Morgan fingerprint density at radius 3 is 2.53 bits per heavy atom. The third-order valence-electron chi connectivity index (χ3n) is 2.61. The number of hydrogen-bond acceptors (Lipinski definition) is 2. The summed E-state index contributed by atoms with van der Waals surface area (Å²) >= 11 is 0. The minimum absolute atomic E-state index is 0. The Morgan fingerprint density at radius 1 is 1.21 bits per heavy atom. The highest BCUT2D eigenvalue weighted by Crippen LogP contribution is 2.01. The minimum Gasteiger partial charge on any atom is -1.00 e. The zero-order valence-corrected chi connectivity index (χ0v) is 12.1. The molecular weight excluding hydrogens is 308 g/mol. The first-order valence-electron chi connectivity index (χ1n) is 5.67. The standard InChI is InChI=1S/C14H15N2O2.BrH/c1-15(18)14(17)13-8-5-9-16(11-13)10-12-6-3-2-4-7-12;/h2-9,11,18H,10H2,1H3;1H/q+1;/p-1. The van der Waals surface area contributed by atoms with Gasteiger partial charge in [-0.3, -0.25) is 10.0 Å². The maximum absolute atomic E-state index is 11.6. The summed E-state index contributed by atoms with van der Waals surface area (Å²) in [6.45, 7) is 0.692. The maximum atomic E-state index is 11.6. The summed E-state index contributed by atoms with van der Waals surface area (Å²) in [5.74, 6) is -0.419. The van der Waals surface area contributed by atoms with Gasteiger partial charge in [-0.25, -0.2) is 5.06 Å². The molecule has 4 nitrogen and oxygen atoms in total. The molecule has 1 N–H and O–H groups in total. The van der Waals surface area contributed by atoms with E-state index in [1.807, 2.05) is 41.1 Å². The number of hydrogen-bond donors (Lipinski definition) is 1. The molecule has 0 saturated heterocycles. The quantitative estimate of drug-likeness (QED) is 0.424. The van der Waals surface area contributed by atoms with Crippen LogP contribution in [0.25, 0.3) is 0 Å². The van der Waals surface area contributed by atoms with Crippen molar-refractivity contribution in [2.75, 3.05) is 7.05 Å². The fourth-order valence-electron chi connectivity index (χ4n) is 1.73. The number of benzene rings is 1. The monoisotopic (exact) mass is 322 g/mol. The second-order valence-electron chi connectivity index (χ2n) is 4.08. The number of carbonyl (C=O) groups is 1. The Hall–Kier alpha value is -1.72. The maximum Gasteiger partial charge on any atom is 0.283 e. The molecule has 2 aromatic rings. The Morgan fingerprint density at radius 2 is 1.89 bits per heavy atom. The fourth-order valence-corrected chi connectivity index (χ4v) is 1.73. The van der Waals surface area contributed by atoms with Crippen LogP contribution in [0.4, 0.5) is 0 Å². The summed E-state index contributed by atoms with van der Waals surface area (Å²) in [7, 11) is 1.32. The van der Waals surface area contributed by atoms with Crippen molar-refractivity contribution >= 4 is 5.91 Å². The van der Waals surface area contributed by atoms with E-state index in [0.29, 0.717) is 17.2 Å². The number of amides is 1. The lowest BCUT2D eigenvalue weighted by molar-refractivity contribution is -0.688. The summed E-state index contributed by atoms with van der Waals surface area (Å²) in [5, 5.41) is 9.71. The molecule has 0 fully saturated rings. The molecule has 100 valence electrons. The molecule has 19 heavy (non-hydrogen) atoms. The van der Waals surface area contributed by atoms with Crippen LogP contribution in [0.5, 0.6) is 0 Å². The van der Waals surface area contributed by atoms with Crippen LogP contribution in [0.3, 0.4) is 0 Å². The van der Waals surface area contributed by atoms with Gasteiger partial charge in [-0.1, -0.05) is 30.3 Å². The van der Waals surface area contributed by atoms with Crippen molar-refractivity contribution in [1.29, 1.82) is 0 Å². The van der Waals surface area contributed by atoms with E-state index < -0.39 is 5.91 Å². The van der Waals surface area contributed by atoms with E-state index in [9.17, 15) is 4.79 Å². The molecule has 0 atom stereocenters. The summed E-state index contributed by atoms with van der Waals surface area (Å²) in [5.41, 5.74) is 1.61. The highest BCUT2D eigenvalue weighted by molar-refractivity contribution is 5.92. The van der Waals surface area contributed by atoms with Gasteiger partial charge in [0.2, 0.25) is 0 Å². The molecule has 1 aromatic heterocycles. The number of hydroxylamine groups is 2. The van der Waals surface area contributed by atoms with Gasteiger partial charge in [-0.2, -0.15) is 4.57 Å². The molecule has 5 heteroatoms. The molecule has 0 bridgehead atoms. The van der Waals surface area contributed by atoms with E-state index in [1.54, 1.807) is 18.3 Å². The third-order valence-corrected chi connectivity index (χ3v) is 2.61. The average Bonchev–Trinajstić information content (AvgIpc) is 2.39. The van der Waals surface area contributed by atoms with Crippen LogP contribution < -0.4 is 21.5 Å². The number of rotatable bonds is 3. The lowest BCUT2D eigenvalue weighted by atomic mass is 10.2. The predicted octanol–water partition coefficient (Wildman–Crippen LogP) is -1.51. The van der Waals surface area contributed by atoms with Gasteiger partial charge in [0.05, 0.1) is 0 Å². The van der Waals surface area contributed by atoms with E-state index in [4.69, 9.17) is 5.21 Å². The molecule has 0 aliphatic rings. The molecule has 0 aliphatic heterocycles. The molecule has 0 aliphatic carbocycles. The van der Waals surface area contributed by atoms with E-state index in [1.165, 1.54) is 7.05 Å². The molecule has 0 radical (unpaired) electrons. The summed E-state index contributed by atoms with van der Waals surface area (Å²) in [4.78, 5) is 11.6. The van der Waals surface area contributed by atoms with Crippen LogP contribution in [0.15, 0.2) is 54.9 Å². The van der Waals surface area contributed by atoms with Crippen molar-refractivity contribution in [2.45, 2.75) is 6.54 Å². The van der Waals surface area contributed by atoms with E-state index in [-0.39, 0.29) is 17.0 Å². The first-order chi connectivity index (χ1) is 8.66. The summed E-state index contributed by atoms with van der Waals surface area (Å²) < 4.78 is 1.91. The van der Waals surface area contributed by atoms with Gasteiger partial charge in [0.1, 0.15) is 5.56 Å². The van der Waals surface area contributed by atoms with Gasteiger partial charge in [-0.05, 0) is 6.07 Å². The van der Waals surface area contributed by atoms with E-state index in [2.05, 4.69) is 0 Å². The number of carbonyl (C=O) groups excluding carboxylic acids is 1. The number of nitrogens with zero attached hydrogens (tertiary/aromatic N) is 2. The normalized spacial score (nSPS) is 9.58. The first kappa shape index (κ1) is 15.3. The lowest BCUT2D eigenvalue weighted by Gasteiger charge is -2.06. The predicted molar refractivity (Wildman–Crippen MR) is 66.1 cm³/mol. The van der Waals surface area contributed by atoms with Gasteiger partial charge in [0.15, 0.2) is 18.9 Å². The van der Waals surface area contributed by atoms with E-state index in [0.717, 1.165) is 5.56 Å². The Balaban J connectivity index is 0.00000180. The highest BCUT2D eigenvalue weighted by atomic mass is 79.9. The molecule has 0 spiro atoms. The van der Waals surface area contributed by atoms with Gasteiger partial charge in [0, 0.05) is 18.7 Å². The zero-order valence-electron chi connectivity index (χ0n) is 10.5. The molecule has 0 unspecified atom stereocenters. The van der Waals surface area contributed by atoms with Crippen LogP contribution in [-0.2, 0) is 6.54 Å². The lowest BCUT2D eigenvalue weighted by Crippen LogP contribution is -3.00. The topological polar surface area (TPSA) is 44.4 Å².